The van der Waals surface area contributed by atoms with E-state index in [-0.39, 0.29) is 24.4 Å². The fraction of sp³-hybridized carbons (Fsp3) is 0.786. The third kappa shape index (κ3) is 7.53. The number of hydrogen-bond donors (Lipinski definition) is 4. The maximum atomic E-state index is 11.6. The monoisotopic (exact) mass is 299 g/mol. The Morgan fingerprint density at radius 1 is 1.19 bits per heavy atom. The van der Waals surface area contributed by atoms with Crippen LogP contribution in [0.15, 0.2) is 0 Å². The summed E-state index contributed by atoms with van der Waals surface area (Å²) in [6.07, 6.45) is 6.30. The molecule has 3 amide bonds. The minimum atomic E-state index is -1.06. The summed E-state index contributed by atoms with van der Waals surface area (Å²) in [5.41, 5.74) is 0. The van der Waals surface area contributed by atoms with E-state index in [1.165, 1.54) is 13.3 Å². The molecule has 4 N–H and O–H groups in total. The van der Waals surface area contributed by atoms with E-state index >= 15 is 0 Å². The summed E-state index contributed by atoms with van der Waals surface area (Å²) in [4.78, 5) is 33.6. The molecule has 120 valence electrons. The van der Waals surface area contributed by atoms with Gasteiger partial charge in [-0.15, -0.1) is 0 Å². The van der Waals surface area contributed by atoms with Gasteiger partial charge in [0.1, 0.15) is 6.04 Å². The smallest absolute Gasteiger partial charge is 0.325 e. The predicted octanol–water partition coefficient (Wildman–Crippen LogP) is 0.988. The van der Waals surface area contributed by atoms with E-state index in [1.54, 1.807) is 0 Å². The molecule has 7 nitrogen and oxygen atoms in total. The Morgan fingerprint density at radius 2 is 1.86 bits per heavy atom. The van der Waals surface area contributed by atoms with Crippen molar-refractivity contribution in [2.45, 2.75) is 64.0 Å². The van der Waals surface area contributed by atoms with Crippen LogP contribution in [0.25, 0.3) is 0 Å². The van der Waals surface area contributed by atoms with Crippen LogP contribution in [0.5, 0.6) is 0 Å². The van der Waals surface area contributed by atoms with Crippen molar-refractivity contribution >= 4 is 17.9 Å². The molecule has 1 atom stereocenters. The van der Waals surface area contributed by atoms with Crippen molar-refractivity contribution in [1.29, 1.82) is 0 Å². The lowest BCUT2D eigenvalue weighted by Crippen LogP contribution is -2.43. The van der Waals surface area contributed by atoms with Gasteiger partial charge in [0.15, 0.2) is 0 Å². The summed E-state index contributed by atoms with van der Waals surface area (Å²) in [5, 5.41) is 16.7. The van der Waals surface area contributed by atoms with E-state index in [2.05, 4.69) is 16.0 Å². The topological polar surface area (TPSA) is 108 Å². The second-order valence-electron chi connectivity index (χ2n) is 5.47. The molecular weight excluding hydrogens is 274 g/mol. The Balaban J connectivity index is 2.06. The van der Waals surface area contributed by atoms with Crippen molar-refractivity contribution in [3.8, 4) is 0 Å². The first-order valence-electron chi connectivity index (χ1n) is 7.55. The third-order valence-corrected chi connectivity index (χ3v) is 3.55. The Kier molecular flexibility index (Phi) is 7.56. The zero-order valence-corrected chi connectivity index (χ0v) is 12.5. The maximum Gasteiger partial charge on any atom is 0.325 e. The number of nitrogens with one attached hydrogen (secondary N) is 3. The van der Waals surface area contributed by atoms with Gasteiger partial charge in [0, 0.05) is 19.0 Å². The van der Waals surface area contributed by atoms with Crippen molar-refractivity contribution in [1.82, 2.24) is 16.0 Å². The van der Waals surface area contributed by atoms with Crippen molar-refractivity contribution in [2.75, 3.05) is 6.54 Å². The van der Waals surface area contributed by atoms with E-state index in [1.807, 2.05) is 0 Å². The minimum Gasteiger partial charge on any atom is -0.480 e. The number of carboxylic acid groups (broad SMARTS) is 1. The Bertz CT molecular complexity index is 367. The van der Waals surface area contributed by atoms with Crippen LogP contribution in [0.3, 0.4) is 0 Å². The van der Waals surface area contributed by atoms with Crippen LogP contribution in [0.4, 0.5) is 4.79 Å². The number of urea groups is 1. The standard InChI is InChI=1S/C14H25N3O4/c1-10(13(19)20)16-12(18)8-5-9-15-14(21)17-11-6-3-2-4-7-11/h10-11H,2-9H2,1H3,(H,16,18)(H,19,20)(H2,15,17,21)/t10-/m0/s1. The molecule has 1 aliphatic carbocycles. The summed E-state index contributed by atoms with van der Waals surface area (Å²) < 4.78 is 0. The van der Waals surface area contributed by atoms with Gasteiger partial charge in [0.25, 0.3) is 0 Å². The first-order chi connectivity index (χ1) is 9.99. The number of carbonyl (C=O) groups is 3. The molecule has 1 aliphatic rings. The van der Waals surface area contributed by atoms with Crippen LogP contribution in [-0.4, -0.2) is 41.6 Å². The average molecular weight is 299 g/mol. The van der Waals surface area contributed by atoms with E-state index in [9.17, 15) is 14.4 Å². The maximum absolute atomic E-state index is 11.6. The number of aliphatic carboxylic acids is 1. The Hall–Kier alpha value is -1.79. The fourth-order valence-corrected chi connectivity index (χ4v) is 2.31. The summed E-state index contributed by atoms with van der Waals surface area (Å²) in [7, 11) is 0. The van der Waals surface area contributed by atoms with Crippen molar-refractivity contribution in [3.05, 3.63) is 0 Å². The van der Waals surface area contributed by atoms with Crippen LogP contribution >= 0.6 is 0 Å². The Morgan fingerprint density at radius 3 is 2.48 bits per heavy atom. The molecule has 0 aromatic carbocycles. The molecular formula is C14H25N3O4. The second kappa shape index (κ2) is 9.20. The summed E-state index contributed by atoms with van der Waals surface area (Å²) in [6.45, 7) is 1.81. The molecule has 0 aliphatic heterocycles. The van der Waals surface area contributed by atoms with Crippen LogP contribution < -0.4 is 16.0 Å². The van der Waals surface area contributed by atoms with Crippen LogP contribution in [-0.2, 0) is 9.59 Å². The highest BCUT2D eigenvalue weighted by Crippen LogP contribution is 2.17. The lowest BCUT2D eigenvalue weighted by Gasteiger charge is -2.22. The molecule has 0 saturated heterocycles. The van der Waals surface area contributed by atoms with E-state index in [4.69, 9.17) is 5.11 Å². The van der Waals surface area contributed by atoms with Gasteiger partial charge >= 0.3 is 12.0 Å². The van der Waals surface area contributed by atoms with Crippen molar-refractivity contribution in [2.24, 2.45) is 0 Å². The molecule has 1 rings (SSSR count). The summed E-state index contributed by atoms with van der Waals surface area (Å²) in [6, 6.07) is -0.820. The largest absolute Gasteiger partial charge is 0.480 e. The normalized spacial score (nSPS) is 16.8. The van der Waals surface area contributed by atoms with E-state index in [0.717, 1.165) is 25.7 Å². The quantitative estimate of drug-likeness (QED) is 0.526. The fourth-order valence-electron chi connectivity index (χ4n) is 2.31. The molecule has 0 aromatic heterocycles. The molecule has 1 fully saturated rings. The lowest BCUT2D eigenvalue weighted by atomic mass is 9.96. The van der Waals surface area contributed by atoms with Gasteiger partial charge in [-0.2, -0.15) is 0 Å². The second-order valence-corrected chi connectivity index (χ2v) is 5.47. The highest BCUT2D eigenvalue weighted by atomic mass is 16.4. The molecule has 0 bridgehead atoms. The number of carbonyl (C=O) groups excluding carboxylic acids is 2. The van der Waals surface area contributed by atoms with Crippen LogP contribution in [0.2, 0.25) is 0 Å². The molecule has 21 heavy (non-hydrogen) atoms. The van der Waals surface area contributed by atoms with E-state index in [0.29, 0.717) is 13.0 Å². The lowest BCUT2D eigenvalue weighted by molar-refractivity contribution is -0.141. The average Bonchev–Trinajstić information content (AvgIpc) is 2.44. The molecule has 1 saturated carbocycles. The molecule has 0 heterocycles. The van der Waals surface area contributed by atoms with Crippen molar-refractivity contribution < 1.29 is 19.5 Å². The zero-order chi connectivity index (χ0) is 15.7. The van der Waals surface area contributed by atoms with E-state index < -0.39 is 12.0 Å². The molecule has 0 radical (unpaired) electrons. The predicted molar refractivity (Wildman–Crippen MR) is 77.9 cm³/mol. The van der Waals surface area contributed by atoms with Gasteiger partial charge < -0.3 is 21.1 Å². The first-order valence-corrected chi connectivity index (χ1v) is 7.55. The highest BCUT2D eigenvalue weighted by Gasteiger charge is 2.16. The minimum absolute atomic E-state index is 0.193. The van der Waals surface area contributed by atoms with Crippen molar-refractivity contribution in [3.63, 3.8) is 0 Å². The van der Waals surface area contributed by atoms with Gasteiger partial charge in [-0.05, 0) is 26.2 Å². The molecule has 0 spiro atoms. The van der Waals surface area contributed by atoms with Gasteiger partial charge in [-0.1, -0.05) is 19.3 Å². The number of amides is 3. The third-order valence-electron chi connectivity index (χ3n) is 3.55. The van der Waals surface area contributed by atoms with Crippen LogP contribution in [0, 0.1) is 0 Å². The van der Waals surface area contributed by atoms with Gasteiger partial charge in [0.2, 0.25) is 5.91 Å². The first kappa shape index (κ1) is 17.3. The van der Waals surface area contributed by atoms with Gasteiger partial charge in [-0.25, -0.2) is 4.79 Å². The molecule has 0 aromatic rings. The highest BCUT2D eigenvalue weighted by molar-refractivity contribution is 5.83. The summed E-state index contributed by atoms with van der Waals surface area (Å²) >= 11 is 0. The number of carboxylic acids is 1. The number of rotatable bonds is 7. The number of hydrogen-bond acceptors (Lipinski definition) is 3. The Labute approximate surface area is 124 Å². The van der Waals surface area contributed by atoms with Gasteiger partial charge in [0.05, 0.1) is 0 Å². The molecule has 7 heteroatoms. The summed E-state index contributed by atoms with van der Waals surface area (Å²) in [5.74, 6) is -1.38. The zero-order valence-electron chi connectivity index (χ0n) is 12.5. The molecule has 0 unspecified atom stereocenters. The van der Waals surface area contributed by atoms with Crippen LogP contribution in [0.1, 0.15) is 51.9 Å². The van der Waals surface area contributed by atoms with Gasteiger partial charge in [-0.3, -0.25) is 9.59 Å². The SMILES string of the molecule is C[C@H](NC(=O)CCCNC(=O)NC1CCCCC1)C(=O)O.